The predicted molar refractivity (Wildman–Crippen MR) is 23.1 cm³/mol. The van der Waals surface area contributed by atoms with Crippen molar-refractivity contribution in [2.75, 3.05) is 0 Å². The van der Waals surface area contributed by atoms with Crippen LogP contribution in [0, 0.1) is 0 Å². The maximum absolute atomic E-state index is 9.34. The number of carbonyl (C=O) groups excluding carboxylic acids is 1. The first-order valence-corrected chi connectivity index (χ1v) is 2.76. The van der Waals surface area contributed by atoms with Crippen molar-refractivity contribution in [2.45, 2.75) is 13.0 Å². The summed E-state index contributed by atoms with van der Waals surface area (Å²) >= 11 is 0.500. The van der Waals surface area contributed by atoms with E-state index in [0.29, 0.717) is 23.0 Å². The minimum absolute atomic E-state index is 0.500. The Balaban J connectivity index is 0. The molecule has 0 bridgehead atoms. The molecule has 0 fully saturated rings. The molecule has 8 heavy (non-hydrogen) atoms. The molecule has 0 aliphatic rings. The van der Waals surface area contributed by atoms with Gasteiger partial charge in [-0.2, -0.15) is 0 Å². The van der Waals surface area contributed by atoms with Crippen LogP contribution in [-0.4, -0.2) is 40.2 Å². The molecule has 0 saturated carbocycles. The Hall–Kier alpha value is 0.0482. The number of hydrogen-bond donors (Lipinski definition) is 1. The van der Waals surface area contributed by atoms with Crippen molar-refractivity contribution in [1.29, 1.82) is 0 Å². The third-order valence-electron chi connectivity index (χ3n) is 0.341. The van der Waals surface area contributed by atoms with Gasteiger partial charge in [-0.25, -0.2) is 0 Å². The quantitative estimate of drug-likeness (QED) is 0.507. The Morgan fingerprint density at radius 2 is 1.88 bits per heavy atom. The molecular formula is C3H5O4Sb. The van der Waals surface area contributed by atoms with Crippen LogP contribution >= 0.6 is 0 Å². The monoisotopic (exact) mass is 226 g/mol. The second kappa shape index (κ2) is 7.05. The average Bonchev–Trinajstić information content (AvgIpc) is 1.72. The predicted octanol–water partition coefficient (Wildman–Crippen LogP) is -2.38. The van der Waals surface area contributed by atoms with Gasteiger partial charge in [0.1, 0.15) is 0 Å². The molecule has 0 amide bonds. The van der Waals surface area contributed by atoms with Gasteiger partial charge in [-0.05, 0) is 6.92 Å². The van der Waals surface area contributed by atoms with E-state index in [1.165, 1.54) is 0 Å². The number of aliphatic hydroxyl groups is 1. The van der Waals surface area contributed by atoms with Crippen molar-refractivity contribution in [1.82, 2.24) is 0 Å². The fourth-order valence-corrected chi connectivity index (χ4v) is 0. The Morgan fingerprint density at radius 3 is 1.88 bits per heavy atom. The van der Waals surface area contributed by atoms with Crippen molar-refractivity contribution in [3.8, 4) is 0 Å². The summed E-state index contributed by atoms with van der Waals surface area (Å²) in [5, 5.41) is 17.3. The van der Waals surface area contributed by atoms with Crippen LogP contribution < -0.4 is 5.11 Å². The molecule has 0 heterocycles. The number of carbonyl (C=O) groups is 1. The molecule has 0 aromatic rings. The van der Waals surface area contributed by atoms with E-state index in [9.17, 15) is 9.90 Å². The third kappa shape index (κ3) is 9.41. The molecule has 1 unspecified atom stereocenters. The van der Waals surface area contributed by atoms with Crippen LogP contribution in [0.1, 0.15) is 6.92 Å². The van der Waals surface area contributed by atoms with Gasteiger partial charge in [0.15, 0.2) is 0 Å². The van der Waals surface area contributed by atoms with Gasteiger partial charge in [-0.1, -0.05) is 0 Å². The molecule has 0 saturated heterocycles. The fourth-order valence-electron chi connectivity index (χ4n) is 0. The zero-order valence-electron chi connectivity index (χ0n) is 4.20. The Labute approximate surface area is 60.4 Å². The van der Waals surface area contributed by atoms with E-state index < -0.39 is 12.1 Å². The molecule has 46 valence electrons. The number of carboxylic acids is 1. The molecule has 0 rings (SSSR count). The van der Waals surface area contributed by atoms with Gasteiger partial charge in [0.25, 0.3) is 0 Å². The first kappa shape index (κ1) is 10.9. The molecular weight excluding hydrogens is 222 g/mol. The zero-order valence-corrected chi connectivity index (χ0v) is 6.75. The molecule has 0 spiro atoms. The van der Waals surface area contributed by atoms with Gasteiger partial charge in [-0.3, -0.25) is 0 Å². The van der Waals surface area contributed by atoms with Gasteiger partial charge in [0, 0.05) is 0 Å². The van der Waals surface area contributed by atoms with Crippen LogP contribution in [0.15, 0.2) is 0 Å². The van der Waals surface area contributed by atoms with Crippen molar-refractivity contribution in [3.05, 3.63) is 0 Å². The van der Waals surface area contributed by atoms with Crippen molar-refractivity contribution in [2.24, 2.45) is 0 Å². The van der Waals surface area contributed by atoms with Crippen LogP contribution in [-0.2, 0) is 7.81 Å². The second-order valence-electron chi connectivity index (χ2n) is 0.995. The summed E-state index contributed by atoms with van der Waals surface area (Å²) in [6.45, 7) is 1.13. The summed E-state index contributed by atoms with van der Waals surface area (Å²) in [5.74, 6) is -1.44. The normalized spacial score (nSPS) is 10.8. The van der Waals surface area contributed by atoms with Crippen LogP contribution in [0.5, 0.6) is 0 Å². The molecule has 1 N–H and O–H groups in total. The van der Waals surface area contributed by atoms with Gasteiger partial charge in [0.05, 0.1) is 12.1 Å². The SMILES string of the molecule is CC(O)C(=O)[O-].[O]=[Sb+]. The molecule has 1 atom stereocenters. The minimum atomic E-state index is -1.44. The molecule has 0 aromatic heterocycles. The first-order valence-electron chi connectivity index (χ1n) is 1.72. The third-order valence-corrected chi connectivity index (χ3v) is 0.341. The zero-order chi connectivity index (χ0) is 7.15. The number of hydrogen-bond acceptors (Lipinski definition) is 4. The number of carboxylic acid groups (broad SMARTS) is 1. The number of aliphatic hydroxyl groups excluding tert-OH is 1. The van der Waals surface area contributed by atoms with Gasteiger partial charge in [-0.15, -0.1) is 0 Å². The number of rotatable bonds is 1. The van der Waals surface area contributed by atoms with E-state index in [1.54, 1.807) is 0 Å². The summed E-state index contributed by atoms with van der Waals surface area (Å²) in [4.78, 5) is 9.34. The van der Waals surface area contributed by atoms with E-state index in [0.717, 1.165) is 6.92 Å². The van der Waals surface area contributed by atoms with Gasteiger partial charge >= 0.3 is 26.0 Å². The van der Waals surface area contributed by atoms with Gasteiger partial charge in [0.2, 0.25) is 0 Å². The van der Waals surface area contributed by atoms with E-state index >= 15 is 0 Å². The molecule has 0 aromatic carbocycles. The van der Waals surface area contributed by atoms with Crippen LogP contribution in [0.25, 0.3) is 0 Å². The standard InChI is InChI=1S/C3H6O3.O.Sb/c1-2(4)3(5)6;;/h2,4H,1H3,(H,5,6);;/q;;+1/p-1. The Bertz CT molecular complexity index is 71.7. The van der Waals surface area contributed by atoms with Crippen molar-refractivity contribution < 1.29 is 18.0 Å². The van der Waals surface area contributed by atoms with E-state index in [2.05, 4.69) is 0 Å². The molecule has 5 heteroatoms. The van der Waals surface area contributed by atoms with Crippen molar-refractivity contribution in [3.63, 3.8) is 0 Å². The van der Waals surface area contributed by atoms with Crippen molar-refractivity contribution >= 4 is 29.0 Å². The van der Waals surface area contributed by atoms with E-state index in [4.69, 9.17) is 8.12 Å². The molecule has 2 radical (unpaired) electrons. The molecule has 0 aliphatic carbocycles. The average molecular weight is 227 g/mol. The van der Waals surface area contributed by atoms with Crippen LogP contribution in [0.2, 0.25) is 0 Å². The molecule has 0 aliphatic heterocycles. The van der Waals surface area contributed by atoms with E-state index in [1.807, 2.05) is 0 Å². The maximum atomic E-state index is 9.34. The summed E-state index contributed by atoms with van der Waals surface area (Å²) < 4.78 is 8.30. The summed E-state index contributed by atoms with van der Waals surface area (Å²) in [6, 6.07) is 0. The first-order chi connectivity index (χ1) is 3.64. The van der Waals surface area contributed by atoms with Gasteiger partial charge < -0.3 is 15.0 Å². The summed E-state index contributed by atoms with van der Waals surface area (Å²) in [6.07, 6.45) is -1.34. The van der Waals surface area contributed by atoms with Crippen LogP contribution in [0.3, 0.4) is 0 Å². The number of aliphatic carboxylic acids is 1. The summed E-state index contributed by atoms with van der Waals surface area (Å²) in [5.41, 5.74) is 0. The second-order valence-corrected chi connectivity index (χ2v) is 0.995. The summed E-state index contributed by atoms with van der Waals surface area (Å²) in [7, 11) is 0. The topological polar surface area (TPSA) is 77.4 Å². The van der Waals surface area contributed by atoms with E-state index in [-0.39, 0.29) is 0 Å². The Kier molecular flexibility index (Phi) is 9.63. The fraction of sp³-hybridized carbons (Fsp3) is 0.667. The van der Waals surface area contributed by atoms with Crippen LogP contribution in [0.4, 0.5) is 0 Å². The molecule has 4 nitrogen and oxygen atoms in total. The Morgan fingerprint density at radius 1 is 1.75 bits per heavy atom.